The molecular formula is C19H21F2N3O2. The van der Waals surface area contributed by atoms with Gasteiger partial charge in [-0.15, -0.1) is 0 Å². The summed E-state index contributed by atoms with van der Waals surface area (Å²) in [5.74, 6) is -1.75. The van der Waals surface area contributed by atoms with Crippen LogP contribution in [0.2, 0.25) is 0 Å². The maximum Gasteiger partial charge on any atom is 0.251 e. The van der Waals surface area contributed by atoms with Crippen molar-refractivity contribution >= 4 is 22.5 Å². The molecule has 26 heavy (non-hydrogen) atoms. The van der Waals surface area contributed by atoms with E-state index in [1.54, 1.807) is 13.0 Å². The molecule has 2 saturated heterocycles. The number of pyridine rings is 1. The Balaban J connectivity index is 1.56. The average molecular weight is 361 g/mol. The maximum absolute atomic E-state index is 14.1. The molecule has 0 saturated carbocycles. The lowest BCUT2D eigenvalue weighted by Gasteiger charge is -2.37. The Labute approximate surface area is 150 Å². The number of benzene rings is 1. The Hall–Kier alpha value is -2.28. The Morgan fingerprint density at radius 2 is 2.00 bits per heavy atom. The largest absolute Gasteiger partial charge is 0.368 e. The molecule has 2 aliphatic heterocycles. The molecule has 7 heteroatoms. The minimum Gasteiger partial charge on any atom is -0.368 e. The van der Waals surface area contributed by atoms with E-state index in [-0.39, 0.29) is 17.5 Å². The van der Waals surface area contributed by atoms with E-state index in [1.807, 2.05) is 11.0 Å². The van der Waals surface area contributed by atoms with Crippen LogP contribution in [0, 0.1) is 18.6 Å². The predicted molar refractivity (Wildman–Crippen MR) is 94.2 cm³/mol. The van der Waals surface area contributed by atoms with Crippen molar-refractivity contribution in [1.82, 2.24) is 9.88 Å². The summed E-state index contributed by atoms with van der Waals surface area (Å²) in [5.41, 5.74) is 1.52. The zero-order valence-corrected chi connectivity index (χ0v) is 14.7. The first-order chi connectivity index (χ1) is 12.5. The van der Waals surface area contributed by atoms with Crippen LogP contribution in [0.3, 0.4) is 0 Å². The monoisotopic (exact) mass is 361 g/mol. The van der Waals surface area contributed by atoms with E-state index in [2.05, 4.69) is 9.88 Å². The van der Waals surface area contributed by atoms with Gasteiger partial charge in [-0.1, -0.05) is 0 Å². The van der Waals surface area contributed by atoms with Gasteiger partial charge in [0.15, 0.2) is 11.6 Å². The van der Waals surface area contributed by atoms with Crippen LogP contribution in [0.5, 0.6) is 0 Å². The number of hydrogen-bond acceptors (Lipinski definition) is 4. The van der Waals surface area contributed by atoms with Crippen LogP contribution in [0.25, 0.3) is 10.9 Å². The zero-order valence-electron chi connectivity index (χ0n) is 14.7. The van der Waals surface area contributed by atoms with Gasteiger partial charge in [-0.3, -0.25) is 4.79 Å². The molecule has 1 aromatic heterocycles. The van der Waals surface area contributed by atoms with Gasteiger partial charge >= 0.3 is 0 Å². The van der Waals surface area contributed by atoms with Crippen molar-refractivity contribution in [3.05, 3.63) is 35.5 Å². The summed E-state index contributed by atoms with van der Waals surface area (Å²) in [6, 6.07) is 4.59. The van der Waals surface area contributed by atoms with E-state index in [0.717, 1.165) is 24.6 Å². The number of aryl methyl sites for hydroxylation is 1. The molecular weight excluding hydrogens is 340 g/mol. The van der Waals surface area contributed by atoms with Crippen molar-refractivity contribution in [1.29, 1.82) is 0 Å². The maximum atomic E-state index is 14.1. The standard InChI is InChI=1S/C19H21F2N3O2/c1-12-11-15(13-4-5-14(20)17(21)18(13)22-12)23-6-8-24(9-7-23)19(25)16-3-2-10-26-16/h4-5,11,16H,2-3,6-10H2,1H3. The lowest BCUT2D eigenvalue weighted by Crippen LogP contribution is -2.51. The van der Waals surface area contributed by atoms with Crippen LogP contribution in [0.4, 0.5) is 14.5 Å². The third-order valence-electron chi connectivity index (χ3n) is 5.12. The number of piperazine rings is 1. The van der Waals surface area contributed by atoms with Gasteiger partial charge in [0.05, 0.1) is 0 Å². The van der Waals surface area contributed by atoms with Crippen molar-refractivity contribution in [2.75, 3.05) is 37.7 Å². The second kappa shape index (κ2) is 6.79. The normalized spacial score (nSPS) is 20.8. The molecule has 0 N–H and O–H groups in total. The summed E-state index contributed by atoms with van der Waals surface area (Å²) in [4.78, 5) is 20.6. The van der Waals surface area contributed by atoms with E-state index in [4.69, 9.17) is 4.74 Å². The third kappa shape index (κ3) is 3.00. The highest BCUT2D eigenvalue weighted by Crippen LogP contribution is 2.30. The van der Waals surface area contributed by atoms with Crippen molar-refractivity contribution in [3.8, 4) is 0 Å². The average Bonchev–Trinajstić information content (AvgIpc) is 3.19. The van der Waals surface area contributed by atoms with Crippen molar-refractivity contribution in [2.24, 2.45) is 0 Å². The molecule has 0 spiro atoms. The number of aromatic nitrogens is 1. The summed E-state index contributed by atoms with van der Waals surface area (Å²) in [7, 11) is 0. The fourth-order valence-corrected chi connectivity index (χ4v) is 3.75. The first-order valence-corrected chi connectivity index (χ1v) is 8.95. The Kier molecular flexibility index (Phi) is 4.48. The summed E-state index contributed by atoms with van der Waals surface area (Å²) < 4.78 is 33.2. The highest BCUT2D eigenvalue weighted by molar-refractivity contribution is 5.92. The van der Waals surface area contributed by atoms with Gasteiger partial charge in [0.2, 0.25) is 0 Å². The SMILES string of the molecule is Cc1cc(N2CCN(C(=O)C3CCCO3)CC2)c2ccc(F)c(F)c2n1. The highest BCUT2D eigenvalue weighted by Gasteiger charge is 2.30. The Morgan fingerprint density at radius 1 is 1.23 bits per heavy atom. The van der Waals surface area contributed by atoms with Gasteiger partial charge in [-0.2, -0.15) is 0 Å². The topological polar surface area (TPSA) is 45.7 Å². The number of hydrogen-bond donors (Lipinski definition) is 0. The summed E-state index contributed by atoms with van der Waals surface area (Å²) >= 11 is 0. The van der Waals surface area contributed by atoms with Gasteiger partial charge in [-0.05, 0) is 38.0 Å². The lowest BCUT2D eigenvalue weighted by molar-refractivity contribution is -0.141. The van der Waals surface area contributed by atoms with Gasteiger partial charge < -0.3 is 14.5 Å². The molecule has 0 bridgehead atoms. The zero-order chi connectivity index (χ0) is 18.3. The second-order valence-electron chi connectivity index (χ2n) is 6.85. The van der Waals surface area contributed by atoms with Crippen LogP contribution in [0.1, 0.15) is 18.5 Å². The minimum absolute atomic E-state index is 0.0536. The molecule has 1 amide bonds. The fraction of sp³-hybridized carbons (Fsp3) is 0.474. The minimum atomic E-state index is -0.917. The molecule has 138 valence electrons. The molecule has 1 atom stereocenters. The number of rotatable bonds is 2. The number of fused-ring (bicyclic) bond motifs is 1. The van der Waals surface area contributed by atoms with Crippen LogP contribution < -0.4 is 4.90 Å². The van der Waals surface area contributed by atoms with Crippen LogP contribution in [-0.2, 0) is 9.53 Å². The van der Waals surface area contributed by atoms with Crippen molar-refractivity contribution in [3.63, 3.8) is 0 Å². The van der Waals surface area contributed by atoms with E-state index in [0.29, 0.717) is 43.9 Å². The molecule has 0 radical (unpaired) electrons. The van der Waals surface area contributed by atoms with Crippen molar-refractivity contribution < 1.29 is 18.3 Å². The van der Waals surface area contributed by atoms with Crippen LogP contribution >= 0.6 is 0 Å². The summed E-state index contributed by atoms with van der Waals surface area (Å²) in [6.45, 7) is 4.87. The summed E-state index contributed by atoms with van der Waals surface area (Å²) in [6.07, 6.45) is 1.42. The number of amides is 1. The summed E-state index contributed by atoms with van der Waals surface area (Å²) in [5, 5.41) is 0.591. The Bertz CT molecular complexity index is 844. The molecule has 5 nitrogen and oxygen atoms in total. The Morgan fingerprint density at radius 3 is 2.69 bits per heavy atom. The molecule has 3 heterocycles. The molecule has 2 aromatic rings. The van der Waals surface area contributed by atoms with Crippen molar-refractivity contribution in [2.45, 2.75) is 25.9 Å². The van der Waals surface area contributed by atoms with E-state index >= 15 is 0 Å². The fourth-order valence-electron chi connectivity index (χ4n) is 3.75. The number of carbonyl (C=O) groups excluding carboxylic acids is 1. The first kappa shape index (κ1) is 17.1. The van der Waals surface area contributed by atoms with Gasteiger partial charge in [0.1, 0.15) is 11.6 Å². The number of nitrogens with zero attached hydrogens (tertiary/aromatic N) is 3. The number of halogens is 2. The second-order valence-corrected chi connectivity index (χ2v) is 6.85. The van der Waals surface area contributed by atoms with Gasteiger partial charge in [-0.25, -0.2) is 13.8 Å². The molecule has 2 fully saturated rings. The van der Waals surface area contributed by atoms with Gasteiger partial charge in [0, 0.05) is 49.6 Å². The molecule has 1 unspecified atom stereocenters. The molecule has 1 aromatic carbocycles. The molecule has 2 aliphatic rings. The number of ether oxygens (including phenoxy) is 1. The smallest absolute Gasteiger partial charge is 0.251 e. The lowest BCUT2D eigenvalue weighted by atomic mass is 10.1. The van der Waals surface area contributed by atoms with E-state index in [1.165, 1.54) is 0 Å². The van der Waals surface area contributed by atoms with Crippen LogP contribution in [0.15, 0.2) is 18.2 Å². The molecule has 4 rings (SSSR count). The van der Waals surface area contributed by atoms with Gasteiger partial charge in [0.25, 0.3) is 5.91 Å². The van der Waals surface area contributed by atoms with E-state index < -0.39 is 11.6 Å². The highest BCUT2D eigenvalue weighted by atomic mass is 19.2. The quantitative estimate of drug-likeness (QED) is 0.825. The number of carbonyl (C=O) groups is 1. The van der Waals surface area contributed by atoms with Crippen LogP contribution in [-0.4, -0.2) is 54.7 Å². The first-order valence-electron chi connectivity index (χ1n) is 8.95. The predicted octanol–water partition coefficient (Wildman–Crippen LogP) is 2.65. The third-order valence-corrected chi connectivity index (χ3v) is 5.12. The molecule has 0 aliphatic carbocycles. The number of anilines is 1. The van der Waals surface area contributed by atoms with E-state index in [9.17, 15) is 13.6 Å².